The Kier molecular flexibility index (Phi) is 6.58. The summed E-state index contributed by atoms with van der Waals surface area (Å²) in [6, 6.07) is 5.68. The van der Waals surface area contributed by atoms with Crippen LogP contribution in [0.3, 0.4) is 0 Å². The van der Waals surface area contributed by atoms with Crippen molar-refractivity contribution < 1.29 is 14.2 Å². The minimum Gasteiger partial charge on any atom is -0.497 e. The fraction of sp³-hybridized carbons (Fsp3) is 0.474. The van der Waals surface area contributed by atoms with Gasteiger partial charge in [-0.25, -0.2) is 9.97 Å². The van der Waals surface area contributed by atoms with E-state index in [4.69, 9.17) is 24.2 Å². The highest BCUT2D eigenvalue weighted by molar-refractivity contribution is 5.71. The average molecular weight is 345 g/mol. The second-order valence-corrected chi connectivity index (χ2v) is 5.82. The van der Waals surface area contributed by atoms with E-state index in [1.54, 1.807) is 21.3 Å². The van der Waals surface area contributed by atoms with Gasteiger partial charge in [-0.3, -0.25) is 0 Å². The summed E-state index contributed by atoms with van der Waals surface area (Å²) >= 11 is 0. The van der Waals surface area contributed by atoms with E-state index >= 15 is 0 Å². The van der Waals surface area contributed by atoms with Gasteiger partial charge in [-0.2, -0.15) is 0 Å². The third kappa shape index (κ3) is 4.39. The number of ether oxygens (including phenoxy) is 3. The molecule has 136 valence electrons. The second kappa shape index (κ2) is 8.67. The molecule has 1 N–H and O–H groups in total. The van der Waals surface area contributed by atoms with Crippen LogP contribution in [0, 0.1) is 13.8 Å². The Balaban J connectivity index is 2.40. The van der Waals surface area contributed by atoms with Crippen LogP contribution in [0.2, 0.25) is 0 Å². The van der Waals surface area contributed by atoms with E-state index in [0.717, 1.165) is 47.1 Å². The van der Waals surface area contributed by atoms with Gasteiger partial charge < -0.3 is 19.5 Å². The molecule has 1 unspecified atom stereocenters. The number of rotatable bonds is 8. The molecule has 0 aliphatic rings. The molecule has 2 rings (SSSR count). The van der Waals surface area contributed by atoms with E-state index in [0.29, 0.717) is 5.75 Å². The van der Waals surface area contributed by atoms with E-state index in [2.05, 4.69) is 12.2 Å². The quantitative estimate of drug-likeness (QED) is 0.731. The lowest BCUT2D eigenvalue weighted by Crippen LogP contribution is -2.23. The molecule has 1 heterocycles. The lowest BCUT2D eigenvalue weighted by Gasteiger charge is -2.19. The number of aryl methyl sites for hydroxylation is 2. The Bertz CT molecular complexity index is 719. The summed E-state index contributed by atoms with van der Waals surface area (Å²) < 4.78 is 16.2. The van der Waals surface area contributed by atoms with Crippen molar-refractivity contribution in [3.63, 3.8) is 0 Å². The van der Waals surface area contributed by atoms with Crippen molar-refractivity contribution in [2.24, 2.45) is 0 Å². The van der Waals surface area contributed by atoms with Gasteiger partial charge >= 0.3 is 0 Å². The molecule has 0 saturated heterocycles. The summed E-state index contributed by atoms with van der Waals surface area (Å²) in [6.45, 7) is 6.00. The van der Waals surface area contributed by atoms with Crippen molar-refractivity contribution >= 4 is 5.82 Å². The fourth-order valence-corrected chi connectivity index (χ4v) is 2.65. The van der Waals surface area contributed by atoms with Crippen molar-refractivity contribution in [3.8, 4) is 22.8 Å². The summed E-state index contributed by atoms with van der Waals surface area (Å²) in [5, 5.41) is 3.32. The summed E-state index contributed by atoms with van der Waals surface area (Å²) in [5.74, 6) is 2.19. The first kappa shape index (κ1) is 19.0. The number of aromatic nitrogens is 2. The molecule has 0 bridgehead atoms. The number of anilines is 1. The van der Waals surface area contributed by atoms with Crippen LogP contribution in [0.25, 0.3) is 11.3 Å². The monoisotopic (exact) mass is 345 g/mol. The molecule has 0 aliphatic heterocycles. The van der Waals surface area contributed by atoms with Crippen molar-refractivity contribution in [1.29, 1.82) is 0 Å². The zero-order valence-electron chi connectivity index (χ0n) is 15.8. The molecule has 0 spiro atoms. The average Bonchev–Trinajstić information content (AvgIpc) is 2.63. The third-order valence-electron chi connectivity index (χ3n) is 4.04. The molecule has 0 amide bonds. The van der Waals surface area contributed by atoms with Crippen LogP contribution in [-0.2, 0) is 4.74 Å². The van der Waals surface area contributed by atoms with Crippen molar-refractivity contribution in [2.75, 3.05) is 26.6 Å². The summed E-state index contributed by atoms with van der Waals surface area (Å²) in [7, 11) is 4.96. The van der Waals surface area contributed by atoms with Crippen molar-refractivity contribution in [2.45, 2.75) is 39.8 Å². The lowest BCUT2D eigenvalue weighted by atomic mass is 10.1. The Morgan fingerprint density at radius 3 is 2.40 bits per heavy atom. The topological polar surface area (TPSA) is 65.5 Å². The van der Waals surface area contributed by atoms with E-state index < -0.39 is 0 Å². The standard InChI is InChI=1S/C19H27N3O3/c1-7-8-17(25-6)22-19-13(3)20-18(12(2)21-19)15-10-9-14(23-4)11-16(15)24-5/h9-11,17H,7-8H2,1-6H3,(H,21,22). The summed E-state index contributed by atoms with van der Waals surface area (Å²) in [5.41, 5.74) is 3.33. The summed E-state index contributed by atoms with van der Waals surface area (Å²) in [6.07, 6.45) is 1.86. The molecule has 0 radical (unpaired) electrons. The smallest absolute Gasteiger partial charge is 0.149 e. The van der Waals surface area contributed by atoms with Crippen LogP contribution in [-0.4, -0.2) is 37.5 Å². The van der Waals surface area contributed by atoms with Gasteiger partial charge in [0.1, 0.15) is 23.5 Å². The van der Waals surface area contributed by atoms with Gasteiger partial charge in [-0.05, 0) is 32.4 Å². The Labute approximate surface area is 149 Å². The number of hydrogen-bond donors (Lipinski definition) is 1. The zero-order valence-corrected chi connectivity index (χ0v) is 15.8. The lowest BCUT2D eigenvalue weighted by molar-refractivity contribution is 0.117. The van der Waals surface area contributed by atoms with Gasteiger partial charge in [0.2, 0.25) is 0 Å². The van der Waals surface area contributed by atoms with Gasteiger partial charge in [-0.1, -0.05) is 13.3 Å². The van der Waals surface area contributed by atoms with Crippen LogP contribution < -0.4 is 14.8 Å². The van der Waals surface area contributed by atoms with Crippen molar-refractivity contribution in [1.82, 2.24) is 9.97 Å². The van der Waals surface area contributed by atoms with Gasteiger partial charge in [0.15, 0.2) is 0 Å². The number of benzene rings is 1. The van der Waals surface area contributed by atoms with Gasteiger partial charge in [-0.15, -0.1) is 0 Å². The van der Waals surface area contributed by atoms with Crippen LogP contribution >= 0.6 is 0 Å². The normalized spacial score (nSPS) is 11.9. The van der Waals surface area contributed by atoms with Gasteiger partial charge in [0.05, 0.1) is 31.3 Å². The molecule has 0 aliphatic carbocycles. The minimum atomic E-state index is -0.0706. The number of nitrogens with one attached hydrogen (secondary N) is 1. The predicted molar refractivity (Wildman–Crippen MR) is 99.4 cm³/mol. The molecular formula is C19H27N3O3. The van der Waals surface area contributed by atoms with E-state index in [-0.39, 0.29) is 6.23 Å². The summed E-state index contributed by atoms with van der Waals surface area (Å²) in [4.78, 5) is 9.45. The van der Waals surface area contributed by atoms with Gasteiger partial charge in [0.25, 0.3) is 0 Å². The SMILES string of the molecule is CCCC(Nc1nc(C)c(-c2ccc(OC)cc2OC)nc1C)OC. The Morgan fingerprint density at radius 2 is 1.80 bits per heavy atom. The first-order valence-corrected chi connectivity index (χ1v) is 8.41. The molecule has 0 fully saturated rings. The number of nitrogens with zero attached hydrogens (tertiary/aromatic N) is 2. The maximum atomic E-state index is 5.50. The first-order chi connectivity index (χ1) is 12.0. The third-order valence-corrected chi connectivity index (χ3v) is 4.04. The van der Waals surface area contributed by atoms with E-state index in [1.807, 2.05) is 32.0 Å². The highest BCUT2D eigenvalue weighted by Crippen LogP contribution is 2.34. The largest absolute Gasteiger partial charge is 0.497 e. The molecule has 6 heteroatoms. The highest BCUT2D eigenvalue weighted by atomic mass is 16.5. The molecule has 0 saturated carbocycles. The molecule has 1 aromatic carbocycles. The highest BCUT2D eigenvalue weighted by Gasteiger charge is 2.16. The molecule has 2 aromatic rings. The molecule has 25 heavy (non-hydrogen) atoms. The second-order valence-electron chi connectivity index (χ2n) is 5.82. The Morgan fingerprint density at radius 1 is 1.04 bits per heavy atom. The van der Waals surface area contributed by atoms with E-state index in [9.17, 15) is 0 Å². The maximum absolute atomic E-state index is 5.50. The van der Waals surface area contributed by atoms with E-state index in [1.165, 1.54) is 0 Å². The molecule has 1 aromatic heterocycles. The zero-order chi connectivity index (χ0) is 18.4. The molecular weight excluding hydrogens is 318 g/mol. The number of methoxy groups -OCH3 is 3. The maximum Gasteiger partial charge on any atom is 0.149 e. The molecule has 1 atom stereocenters. The predicted octanol–water partition coefficient (Wildman–Crippen LogP) is 3.96. The van der Waals surface area contributed by atoms with Crippen LogP contribution in [0.1, 0.15) is 31.2 Å². The fourth-order valence-electron chi connectivity index (χ4n) is 2.65. The van der Waals surface area contributed by atoms with Crippen molar-refractivity contribution in [3.05, 3.63) is 29.6 Å². The Hall–Kier alpha value is -2.34. The first-order valence-electron chi connectivity index (χ1n) is 8.41. The van der Waals surface area contributed by atoms with Crippen LogP contribution in [0.5, 0.6) is 11.5 Å². The number of hydrogen-bond acceptors (Lipinski definition) is 6. The molecule has 6 nitrogen and oxygen atoms in total. The minimum absolute atomic E-state index is 0.0706. The van der Waals surface area contributed by atoms with Crippen LogP contribution in [0.15, 0.2) is 18.2 Å². The van der Waals surface area contributed by atoms with Gasteiger partial charge in [0, 0.05) is 18.7 Å². The van der Waals surface area contributed by atoms with Crippen LogP contribution in [0.4, 0.5) is 5.82 Å².